The summed E-state index contributed by atoms with van der Waals surface area (Å²) < 4.78 is 26.9. The van der Waals surface area contributed by atoms with Crippen LogP contribution in [0.1, 0.15) is 0 Å². The standard InChI is InChI=1S/C15H9BrF2N4.ClH/c16-10-5-9(7-19-8-10)15-20-4-3-14(22-15)21-11-1-2-12(17)13(18)6-11;/h1-8H,(H,20,21,22);1H. The van der Waals surface area contributed by atoms with Gasteiger partial charge in [0.05, 0.1) is 0 Å². The highest BCUT2D eigenvalue weighted by atomic mass is 79.9. The molecule has 0 saturated heterocycles. The second-order valence-electron chi connectivity index (χ2n) is 4.41. The smallest absolute Gasteiger partial charge is 0.163 e. The highest BCUT2D eigenvalue weighted by Gasteiger charge is 2.06. The maximum Gasteiger partial charge on any atom is 0.163 e. The van der Waals surface area contributed by atoms with Crippen molar-refractivity contribution in [2.75, 3.05) is 5.32 Å². The second kappa shape index (κ2) is 7.43. The van der Waals surface area contributed by atoms with Crippen LogP contribution in [0.25, 0.3) is 11.4 Å². The number of nitrogens with one attached hydrogen (secondary N) is 1. The predicted octanol–water partition coefficient (Wildman–Crippen LogP) is 4.74. The normalized spacial score (nSPS) is 10.0. The lowest BCUT2D eigenvalue weighted by atomic mass is 10.2. The summed E-state index contributed by atoms with van der Waals surface area (Å²) in [5.74, 6) is -0.873. The molecular formula is C15H10BrClF2N4. The molecule has 1 aromatic carbocycles. The Bertz CT molecular complexity index is 832. The monoisotopic (exact) mass is 398 g/mol. The van der Waals surface area contributed by atoms with E-state index in [2.05, 4.69) is 36.2 Å². The Labute approximate surface area is 145 Å². The first-order valence-electron chi connectivity index (χ1n) is 6.28. The number of hydrogen-bond donors (Lipinski definition) is 1. The van der Waals surface area contributed by atoms with Gasteiger partial charge >= 0.3 is 0 Å². The van der Waals surface area contributed by atoms with Gasteiger partial charge in [0.1, 0.15) is 5.82 Å². The number of pyridine rings is 1. The van der Waals surface area contributed by atoms with Crippen LogP contribution in [0, 0.1) is 11.6 Å². The topological polar surface area (TPSA) is 50.7 Å². The molecule has 0 spiro atoms. The van der Waals surface area contributed by atoms with E-state index < -0.39 is 11.6 Å². The van der Waals surface area contributed by atoms with Crippen molar-refractivity contribution in [3.63, 3.8) is 0 Å². The average Bonchev–Trinajstić information content (AvgIpc) is 2.51. The SMILES string of the molecule is Cl.Fc1ccc(Nc2ccnc(-c3cncc(Br)c3)n2)cc1F. The molecule has 23 heavy (non-hydrogen) atoms. The maximum absolute atomic E-state index is 13.2. The Balaban J connectivity index is 0.00000192. The van der Waals surface area contributed by atoms with Crippen LogP contribution < -0.4 is 5.32 Å². The molecule has 0 amide bonds. The summed E-state index contributed by atoms with van der Waals surface area (Å²) in [6.45, 7) is 0. The number of halogens is 4. The number of aromatic nitrogens is 3. The Morgan fingerprint density at radius 2 is 1.83 bits per heavy atom. The molecule has 3 aromatic rings. The van der Waals surface area contributed by atoms with Crippen LogP contribution in [0.3, 0.4) is 0 Å². The van der Waals surface area contributed by atoms with Gasteiger partial charge in [-0.25, -0.2) is 18.7 Å². The minimum atomic E-state index is -0.921. The summed E-state index contributed by atoms with van der Waals surface area (Å²) in [5.41, 5.74) is 1.14. The van der Waals surface area contributed by atoms with Gasteiger partial charge in [-0.3, -0.25) is 4.98 Å². The Morgan fingerprint density at radius 1 is 1.00 bits per heavy atom. The third-order valence-electron chi connectivity index (χ3n) is 2.81. The molecule has 2 aromatic heterocycles. The minimum Gasteiger partial charge on any atom is -0.340 e. The molecule has 0 aliphatic heterocycles. The van der Waals surface area contributed by atoms with Gasteiger partial charge in [-0.05, 0) is 40.2 Å². The molecule has 0 bridgehead atoms. The fourth-order valence-corrected chi connectivity index (χ4v) is 2.19. The van der Waals surface area contributed by atoms with Crippen molar-refractivity contribution in [3.05, 3.63) is 65.0 Å². The third kappa shape index (κ3) is 4.20. The molecule has 8 heteroatoms. The van der Waals surface area contributed by atoms with E-state index in [0.717, 1.165) is 22.2 Å². The first kappa shape index (κ1) is 17.2. The van der Waals surface area contributed by atoms with Gasteiger partial charge in [-0.2, -0.15) is 0 Å². The van der Waals surface area contributed by atoms with Gasteiger partial charge in [0, 0.05) is 40.4 Å². The summed E-state index contributed by atoms with van der Waals surface area (Å²) >= 11 is 3.34. The Morgan fingerprint density at radius 3 is 2.57 bits per heavy atom. The summed E-state index contributed by atoms with van der Waals surface area (Å²) in [6, 6.07) is 7.02. The van der Waals surface area contributed by atoms with Crippen molar-refractivity contribution in [1.82, 2.24) is 15.0 Å². The number of anilines is 2. The second-order valence-corrected chi connectivity index (χ2v) is 5.33. The van der Waals surface area contributed by atoms with Crippen molar-refractivity contribution in [3.8, 4) is 11.4 Å². The lowest BCUT2D eigenvalue weighted by Crippen LogP contribution is -1.98. The number of rotatable bonds is 3. The van der Waals surface area contributed by atoms with Crippen molar-refractivity contribution >= 4 is 39.8 Å². The number of benzene rings is 1. The van der Waals surface area contributed by atoms with Gasteiger partial charge in [-0.15, -0.1) is 12.4 Å². The molecule has 1 N–H and O–H groups in total. The van der Waals surface area contributed by atoms with Gasteiger partial charge < -0.3 is 5.32 Å². The summed E-state index contributed by atoms with van der Waals surface area (Å²) in [5, 5.41) is 2.91. The zero-order valence-electron chi connectivity index (χ0n) is 11.5. The van der Waals surface area contributed by atoms with Crippen LogP contribution in [-0.4, -0.2) is 15.0 Å². The molecule has 4 nitrogen and oxygen atoms in total. The van der Waals surface area contributed by atoms with Crippen LogP contribution in [0.15, 0.2) is 53.4 Å². The Hall–Kier alpha value is -2.12. The molecular weight excluding hydrogens is 390 g/mol. The van der Waals surface area contributed by atoms with E-state index in [1.165, 1.54) is 6.07 Å². The van der Waals surface area contributed by atoms with Crippen molar-refractivity contribution in [2.45, 2.75) is 0 Å². The van der Waals surface area contributed by atoms with E-state index in [1.807, 2.05) is 6.07 Å². The van der Waals surface area contributed by atoms with Crippen molar-refractivity contribution < 1.29 is 8.78 Å². The first-order valence-corrected chi connectivity index (χ1v) is 7.07. The highest BCUT2D eigenvalue weighted by Crippen LogP contribution is 2.21. The van der Waals surface area contributed by atoms with Crippen molar-refractivity contribution in [2.24, 2.45) is 0 Å². The Kier molecular flexibility index (Phi) is 5.57. The largest absolute Gasteiger partial charge is 0.340 e. The molecule has 0 saturated carbocycles. The lowest BCUT2D eigenvalue weighted by Gasteiger charge is -2.07. The summed E-state index contributed by atoms with van der Waals surface area (Å²) in [6.07, 6.45) is 4.87. The van der Waals surface area contributed by atoms with Gasteiger partial charge in [0.2, 0.25) is 0 Å². The van der Waals surface area contributed by atoms with E-state index in [-0.39, 0.29) is 12.4 Å². The first-order chi connectivity index (χ1) is 10.6. The van der Waals surface area contributed by atoms with Crippen molar-refractivity contribution in [1.29, 1.82) is 0 Å². The van der Waals surface area contributed by atoms with Gasteiger partial charge in [-0.1, -0.05) is 0 Å². The number of nitrogens with zero attached hydrogens (tertiary/aromatic N) is 3. The summed E-state index contributed by atoms with van der Waals surface area (Å²) in [4.78, 5) is 12.6. The van der Waals surface area contributed by atoms with E-state index in [9.17, 15) is 8.78 Å². The van der Waals surface area contributed by atoms with Crippen LogP contribution in [0.4, 0.5) is 20.3 Å². The molecule has 3 rings (SSSR count). The van der Waals surface area contributed by atoms with E-state index >= 15 is 0 Å². The third-order valence-corrected chi connectivity index (χ3v) is 3.24. The van der Waals surface area contributed by atoms with Crippen LogP contribution in [0.5, 0.6) is 0 Å². The lowest BCUT2D eigenvalue weighted by molar-refractivity contribution is 0.509. The molecule has 0 radical (unpaired) electrons. The van der Waals surface area contributed by atoms with E-state index in [4.69, 9.17) is 0 Å². The molecule has 2 heterocycles. The summed E-state index contributed by atoms with van der Waals surface area (Å²) in [7, 11) is 0. The van der Waals surface area contributed by atoms with Crippen LogP contribution in [-0.2, 0) is 0 Å². The predicted molar refractivity (Wildman–Crippen MR) is 89.9 cm³/mol. The van der Waals surface area contributed by atoms with Crippen LogP contribution >= 0.6 is 28.3 Å². The van der Waals surface area contributed by atoms with Gasteiger partial charge in [0.25, 0.3) is 0 Å². The quantitative estimate of drug-likeness (QED) is 0.691. The molecule has 0 fully saturated rings. The molecule has 0 atom stereocenters. The molecule has 0 aliphatic carbocycles. The zero-order valence-corrected chi connectivity index (χ0v) is 13.9. The average molecular weight is 400 g/mol. The van der Waals surface area contributed by atoms with E-state index in [0.29, 0.717) is 17.3 Å². The zero-order chi connectivity index (χ0) is 15.5. The fourth-order valence-electron chi connectivity index (χ4n) is 1.82. The fraction of sp³-hybridized carbons (Fsp3) is 0. The van der Waals surface area contributed by atoms with Gasteiger partial charge in [0.15, 0.2) is 17.5 Å². The highest BCUT2D eigenvalue weighted by molar-refractivity contribution is 9.10. The molecule has 0 aliphatic rings. The molecule has 0 unspecified atom stereocenters. The van der Waals surface area contributed by atoms with E-state index in [1.54, 1.807) is 24.7 Å². The number of hydrogen-bond acceptors (Lipinski definition) is 4. The molecule has 118 valence electrons. The maximum atomic E-state index is 13.2. The van der Waals surface area contributed by atoms with Crippen LogP contribution in [0.2, 0.25) is 0 Å². The minimum absolute atomic E-state index is 0.